The van der Waals surface area contributed by atoms with Crippen LogP contribution in [0.15, 0.2) is 71.6 Å². The number of amides is 1. The van der Waals surface area contributed by atoms with E-state index < -0.39 is 0 Å². The first kappa shape index (κ1) is 19.9. The molecular weight excluding hydrogens is 406 g/mol. The summed E-state index contributed by atoms with van der Waals surface area (Å²) in [4.78, 5) is 19.0. The van der Waals surface area contributed by atoms with Gasteiger partial charge in [-0.2, -0.15) is 0 Å². The Balaban J connectivity index is 1.38. The Morgan fingerprint density at radius 2 is 1.88 bits per heavy atom. The third-order valence-electron chi connectivity index (χ3n) is 5.73. The molecule has 1 aliphatic rings. The molecule has 0 atom stereocenters. The summed E-state index contributed by atoms with van der Waals surface area (Å²) in [6, 6.07) is 13.3. The minimum atomic E-state index is -0.0741. The average molecular weight is 429 g/mol. The van der Waals surface area contributed by atoms with E-state index in [0.717, 1.165) is 28.9 Å². The fourth-order valence-corrected chi connectivity index (χ4v) is 3.99. The Bertz CT molecular complexity index is 1300. The maximum absolute atomic E-state index is 12.5. The topological polar surface area (TPSA) is 69.2 Å². The van der Waals surface area contributed by atoms with E-state index in [1.807, 2.05) is 34.9 Å². The van der Waals surface area contributed by atoms with Gasteiger partial charge in [-0.05, 0) is 60.0 Å². The molecule has 5 rings (SSSR count). The van der Waals surface area contributed by atoms with E-state index in [2.05, 4.69) is 18.3 Å². The number of furan rings is 1. The van der Waals surface area contributed by atoms with Crippen LogP contribution in [0, 0.1) is 0 Å². The van der Waals surface area contributed by atoms with Crippen molar-refractivity contribution in [2.45, 2.75) is 6.42 Å². The van der Waals surface area contributed by atoms with Crippen LogP contribution in [0.5, 0.6) is 11.5 Å². The van der Waals surface area contributed by atoms with Gasteiger partial charge in [0.25, 0.3) is 5.91 Å². The Labute approximate surface area is 185 Å². The van der Waals surface area contributed by atoms with Gasteiger partial charge >= 0.3 is 0 Å². The van der Waals surface area contributed by atoms with Crippen LogP contribution in [0.2, 0.25) is 0 Å². The van der Waals surface area contributed by atoms with Crippen molar-refractivity contribution in [2.75, 3.05) is 27.3 Å². The van der Waals surface area contributed by atoms with Gasteiger partial charge in [-0.1, -0.05) is 6.08 Å². The summed E-state index contributed by atoms with van der Waals surface area (Å²) in [5.41, 5.74) is 5.02. The van der Waals surface area contributed by atoms with Gasteiger partial charge in [-0.25, -0.2) is 4.98 Å². The van der Waals surface area contributed by atoms with Crippen LogP contribution in [0.3, 0.4) is 0 Å². The molecule has 0 saturated heterocycles. The standard InChI is InChI=1S/C25H23N3O4/c1-30-21-7-5-18(14-23(21)31-2)20-16-28-15-19(6-8-24(28)26-20)17-9-11-27(12-10-17)25(29)22-4-3-13-32-22/h3-9,13-16H,10-12H2,1-2H3. The number of methoxy groups -OCH3 is 2. The van der Waals surface area contributed by atoms with E-state index in [-0.39, 0.29) is 5.91 Å². The molecular formula is C25H23N3O4. The van der Waals surface area contributed by atoms with Crippen LogP contribution in [0.4, 0.5) is 0 Å². The van der Waals surface area contributed by atoms with Gasteiger partial charge in [0.15, 0.2) is 17.3 Å². The van der Waals surface area contributed by atoms with Crippen molar-refractivity contribution in [3.05, 3.63) is 78.5 Å². The number of fused-ring (bicyclic) bond motifs is 1. The number of benzene rings is 1. The predicted molar refractivity (Wildman–Crippen MR) is 121 cm³/mol. The summed E-state index contributed by atoms with van der Waals surface area (Å²) in [6.45, 7) is 1.22. The fraction of sp³-hybridized carbons (Fsp3) is 0.200. The van der Waals surface area contributed by atoms with Crippen molar-refractivity contribution in [1.82, 2.24) is 14.3 Å². The second-order valence-corrected chi connectivity index (χ2v) is 7.59. The molecule has 162 valence electrons. The van der Waals surface area contributed by atoms with Crippen molar-refractivity contribution < 1.29 is 18.7 Å². The highest BCUT2D eigenvalue weighted by molar-refractivity contribution is 5.92. The molecule has 0 bridgehead atoms. The van der Waals surface area contributed by atoms with Gasteiger partial charge in [-0.15, -0.1) is 0 Å². The van der Waals surface area contributed by atoms with Gasteiger partial charge in [-0.3, -0.25) is 4.79 Å². The zero-order valence-electron chi connectivity index (χ0n) is 17.9. The Hall–Kier alpha value is -4.00. The van der Waals surface area contributed by atoms with E-state index in [0.29, 0.717) is 30.3 Å². The van der Waals surface area contributed by atoms with Gasteiger partial charge in [0.1, 0.15) is 5.65 Å². The van der Waals surface area contributed by atoms with Gasteiger partial charge in [0.2, 0.25) is 0 Å². The summed E-state index contributed by atoms with van der Waals surface area (Å²) < 4.78 is 18.0. The van der Waals surface area contributed by atoms with Crippen molar-refractivity contribution in [3.63, 3.8) is 0 Å². The highest BCUT2D eigenvalue weighted by atomic mass is 16.5. The largest absolute Gasteiger partial charge is 0.493 e. The highest BCUT2D eigenvalue weighted by Crippen LogP contribution is 2.32. The molecule has 0 saturated carbocycles. The summed E-state index contributed by atoms with van der Waals surface area (Å²) in [5, 5.41) is 0. The molecule has 1 aromatic carbocycles. The molecule has 0 radical (unpaired) electrons. The Kier molecular flexibility index (Phi) is 5.15. The molecule has 1 aliphatic heterocycles. The van der Waals surface area contributed by atoms with Gasteiger partial charge in [0.05, 0.1) is 26.2 Å². The van der Waals surface area contributed by atoms with Crippen molar-refractivity contribution in [1.29, 1.82) is 0 Å². The lowest BCUT2D eigenvalue weighted by molar-refractivity contribution is 0.0741. The molecule has 0 fully saturated rings. The summed E-state index contributed by atoms with van der Waals surface area (Å²) in [7, 11) is 3.24. The van der Waals surface area contributed by atoms with Crippen molar-refractivity contribution in [3.8, 4) is 22.8 Å². The summed E-state index contributed by atoms with van der Waals surface area (Å²) in [6.07, 6.45) is 8.51. The molecule has 0 aliphatic carbocycles. The first-order valence-electron chi connectivity index (χ1n) is 10.4. The highest BCUT2D eigenvalue weighted by Gasteiger charge is 2.21. The monoisotopic (exact) mass is 429 g/mol. The van der Waals surface area contributed by atoms with Crippen LogP contribution in [-0.2, 0) is 0 Å². The number of carbonyl (C=O) groups is 1. The average Bonchev–Trinajstić information content (AvgIpc) is 3.53. The zero-order valence-corrected chi connectivity index (χ0v) is 17.9. The second-order valence-electron chi connectivity index (χ2n) is 7.59. The number of pyridine rings is 1. The van der Waals surface area contributed by atoms with E-state index >= 15 is 0 Å². The molecule has 7 nitrogen and oxygen atoms in total. The quantitative estimate of drug-likeness (QED) is 0.466. The normalized spacial score (nSPS) is 13.8. The molecule has 3 aromatic heterocycles. The molecule has 1 amide bonds. The number of rotatable bonds is 5. The molecule has 4 aromatic rings. The van der Waals surface area contributed by atoms with Crippen LogP contribution in [0.25, 0.3) is 22.5 Å². The minimum Gasteiger partial charge on any atom is -0.493 e. The summed E-state index contributed by atoms with van der Waals surface area (Å²) >= 11 is 0. The third kappa shape index (κ3) is 3.62. The zero-order chi connectivity index (χ0) is 22.1. The molecule has 0 spiro atoms. The fourth-order valence-electron chi connectivity index (χ4n) is 3.99. The van der Waals surface area contributed by atoms with Crippen molar-refractivity contribution in [2.24, 2.45) is 0 Å². The molecule has 0 N–H and O–H groups in total. The van der Waals surface area contributed by atoms with Crippen LogP contribution in [0.1, 0.15) is 22.5 Å². The van der Waals surface area contributed by atoms with Crippen LogP contribution in [-0.4, -0.2) is 47.5 Å². The minimum absolute atomic E-state index is 0.0741. The van der Waals surface area contributed by atoms with E-state index in [1.165, 1.54) is 11.8 Å². The van der Waals surface area contributed by atoms with Gasteiger partial charge < -0.3 is 23.2 Å². The van der Waals surface area contributed by atoms with E-state index in [4.69, 9.17) is 18.9 Å². The van der Waals surface area contributed by atoms with E-state index in [9.17, 15) is 4.79 Å². The lowest BCUT2D eigenvalue weighted by atomic mass is 10.0. The summed E-state index contributed by atoms with van der Waals surface area (Å²) in [5.74, 6) is 1.66. The van der Waals surface area contributed by atoms with Gasteiger partial charge in [0, 0.05) is 31.0 Å². The maximum Gasteiger partial charge on any atom is 0.289 e. The Morgan fingerprint density at radius 1 is 1.03 bits per heavy atom. The SMILES string of the molecule is COc1ccc(-c2cn3cc(C4=CCN(C(=O)c5ccco5)CC4)ccc3n2)cc1OC. The molecule has 32 heavy (non-hydrogen) atoms. The lowest BCUT2D eigenvalue weighted by Gasteiger charge is -2.25. The first-order chi connectivity index (χ1) is 15.7. The first-order valence-corrected chi connectivity index (χ1v) is 10.4. The molecule has 7 heteroatoms. The number of imidazole rings is 1. The number of hydrogen-bond donors (Lipinski definition) is 0. The van der Waals surface area contributed by atoms with Crippen molar-refractivity contribution >= 4 is 17.1 Å². The molecule has 4 heterocycles. The second kappa shape index (κ2) is 8.26. The Morgan fingerprint density at radius 3 is 2.59 bits per heavy atom. The number of ether oxygens (including phenoxy) is 2. The van der Waals surface area contributed by atoms with Crippen LogP contribution >= 0.6 is 0 Å². The van der Waals surface area contributed by atoms with E-state index in [1.54, 1.807) is 31.3 Å². The number of aromatic nitrogens is 2. The predicted octanol–water partition coefficient (Wildman–Crippen LogP) is 4.54. The lowest BCUT2D eigenvalue weighted by Crippen LogP contribution is -2.34. The number of nitrogens with zero attached hydrogens (tertiary/aromatic N) is 3. The molecule has 0 unspecified atom stereocenters. The van der Waals surface area contributed by atoms with Crippen LogP contribution < -0.4 is 9.47 Å². The number of carbonyl (C=O) groups excluding carboxylic acids is 1. The smallest absolute Gasteiger partial charge is 0.289 e. The third-order valence-corrected chi connectivity index (χ3v) is 5.73. The number of hydrogen-bond acceptors (Lipinski definition) is 5. The maximum atomic E-state index is 12.5.